The first-order valence-electron chi connectivity index (χ1n) is 6.39. The summed E-state index contributed by atoms with van der Waals surface area (Å²) in [6, 6.07) is 3.75. The summed E-state index contributed by atoms with van der Waals surface area (Å²) in [5, 5.41) is 13.9. The molecule has 3 nitrogen and oxygen atoms in total. The zero-order valence-corrected chi connectivity index (χ0v) is 12.7. The second kappa shape index (κ2) is 5.88. The number of aliphatic hydroxyl groups is 1. The minimum absolute atomic E-state index is 0.145. The maximum Gasteiger partial charge on any atom is 0.142 e. The maximum atomic E-state index is 9.30. The number of fused-ring (bicyclic) bond motifs is 1. The van der Waals surface area contributed by atoms with E-state index in [0.717, 1.165) is 24.3 Å². The van der Waals surface area contributed by atoms with E-state index in [1.54, 1.807) is 6.07 Å². The van der Waals surface area contributed by atoms with Crippen molar-refractivity contribution in [1.82, 2.24) is 5.32 Å². The first-order chi connectivity index (χ1) is 8.93. The van der Waals surface area contributed by atoms with Gasteiger partial charge in [0.15, 0.2) is 0 Å². The van der Waals surface area contributed by atoms with E-state index in [9.17, 15) is 5.11 Å². The van der Waals surface area contributed by atoms with Crippen molar-refractivity contribution in [1.29, 1.82) is 0 Å². The molecule has 0 saturated heterocycles. The predicted octanol–water partition coefficient (Wildman–Crippen LogP) is 3.43. The molecule has 106 valence electrons. The third kappa shape index (κ3) is 3.54. The molecule has 1 unspecified atom stereocenters. The van der Waals surface area contributed by atoms with Crippen LogP contribution in [0.25, 0.3) is 0 Å². The summed E-state index contributed by atoms with van der Waals surface area (Å²) >= 11 is 12.2. The van der Waals surface area contributed by atoms with Crippen LogP contribution in [0.1, 0.15) is 31.9 Å². The second-order valence-corrected chi connectivity index (χ2v) is 6.54. The second-order valence-electron chi connectivity index (χ2n) is 5.70. The van der Waals surface area contributed by atoms with Gasteiger partial charge in [0.05, 0.1) is 11.6 Å². The van der Waals surface area contributed by atoms with Gasteiger partial charge in [-0.05, 0) is 12.1 Å². The smallest absolute Gasteiger partial charge is 0.142 e. The molecule has 1 heterocycles. The van der Waals surface area contributed by atoms with E-state index >= 15 is 0 Å². The van der Waals surface area contributed by atoms with Gasteiger partial charge in [0, 0.05) is 41.6 Å². The summed E-state index contributed by atoms with van der Waals surface area (Å²) in [6.45, 7) is 5.53. The quantitative estimate of drug-likeness (QED) is 0.895. The first-order valence-corrected chi connectivity index (χ1v) is 7.14. The predicted molar refractivity (Wildman–Crippen MR) is 78.2 cm³/mol. The van der Waals surface area contributed by atoms with Gasteiger partial charge in [-0.3, -0.25) is 0 Å². The lowest BCUT2D eigenvalue weighted by Gasteiger charge is -2.31. The van der Waals surface area contributed by atoms with Crippen LogP contribution in [0.3, 0.4) is 0 Å². The Bertz CT molecular complexity index is 463. The van der Waals surface area contributed by atoms with E-state index in [1.807, 2.05) is 19.9 Å². The number of ether oxygens (including phenoxy) is 1. The minimum atomic E-state index is -0.152. The van der Waals surface area contributed by atoms with Crippen LogP contribution in [-0.2, 0) is 0 Å². The third-order valence-electron chi connectivity index (χ3n) is 3.32. The van der Waals surface area contributed by atoms with Crippen LogP contribution in [0.4, 0.5) is 0 Å². The van der Waals surface area contributed by atoms with Crippen molar-refractivity contribution in [3.8, 4) is 5.75 Å². The van der Waals surface area contributed by atoms with Gasteiger partial charge in [0.1, 0.15) is 5.75 Å². The molecule has 0 fully saturated rings. The highest BCUT2D eigenvalue weighted by Crippen LogP contribution is 2.40. The van der Waals surface area contributed by atoms with E-state index in [2.05, 4.69) is 5.32 Å². The molecule has 0 saturated carbocycles. The van der Waals surface area contributed by atoms with Crippen LogP contribution in [0, 0.1) is 5.41 Å². The van der Waals surface area contributed by atoms with Gasteiger partial charge < -0.3 is 15.2 Å². The molecule has 1 aromatic rings. The number of hydrogen-bond donors (Lipinski definition) is 2. The van der Waals surface area contributed by atoms with Crippen LogP contribution in [0.15, 0.2) is 12.1 Å². The van der Waals surface area contributed by atoms with Gasteiger partial charge in [-0.1, -0.05) is 37.0 Å². The third-order valence-corrected chi connectivity index (χ3v) is 3.82. The summed E-state index contributed by atoms with van der Waals surface area (Å²) in [4.78, 5) is 0. The Kier molecular flexibility index (Phi) is 4.62. The lowest BCUT2D eigenvalue weighted by Crippen LogP contribution is -2.36. The minimum Gasteiger partial charge on any atom is -0.492 e. The zero-order valence-electron chi connectivity index (χ0n) is 11.2. The Labute approximate surface area is 123 Å². The number of nitrogens with one attached hydrogen (secondary N) is 1. The Morgan fingerprint density at radius 2 is 2.16 bits per heavy atom. The highest BCUT2D eigenvalue weighted by Gasteiger charge is 2.26. The van der Waals surface area contributed by atoms with E-state index in [4.69, 9.17) is 27.9 Å². The van der Waals surface area contributed by atoms with Crippen LogP contribution < -0.4 is 10.1 Å². The molecule has 0 spiro atoms. The Morgan fingerprint density at radius 1 is 1.42 bits per heavy atom. The van der Waals surface area contributed by atoms with Crippen molar-refractivity contribution in [3.05, 3.63) is 27.7 Å². The lowest BCUT2D eigenvalue weighted by molar-refractivity contribution is 0.148. The summed E-state index contributed by atoms with van der Waals surface area (Å²) in [6.07, 6.45) is 0.866. The van der Waals surface area contributed by atoms with Crippen molar-refractivity contribution in [2.75, 3.05) is 19.8 Å². The molecule has 0 aromatic heterocycles. The maximum absolute atomic E-state index is 9.30. The van der Waals surface area contributed by atoms with Gasteiger partial charge in [-0.15, -0.1) is 0 Å². The van der Waals surface area contributed by atoms with Crippen molar-refractivity contribution in [3.63, 3.8) is 0 Å². The summed E-state index contributed by atoms with van der Waals surface area (Å²) < 4.78 is 5.62. The highest BCUT2D eigenvalue weighted by molar-refractivity contribution is 6.35. The van der Waals surface area contributed by atoms with Crippen molar-refractivity contribution in [2.45, 2.75) is 26.3 Å². The van der Waals surface area contributed by atoms with Crippen molar-refractivity contribution in [2.24, 2.45) is 5.41 Å². The van der Waals surface area contributed by atoms with E-state index in [0.29, 0.717) is 16.7 Å². The van der Waals surface area contributed by atoms with Gasteiger partial charge in [0.25, 0.3) is 0 Å². The first kappa shape index (κ1) is 14.9. The molecule has 1 atom stereocenters. The molecule has 0 bridgehead atoms. The molecule has 2 rings (SSSR count). The molecule has 19 heavy (non-hydrogen) atoms. The highest BCUT2D eigenvalue weighted by atomic mass is 35.5. The normalized spacial score (nSPS) is 18.9. The Hall–Kier alpha value is -0.480. The van der Waals surface area contributed by atoms with Crippen LogP contribution in [0.2, 0.25) is 10.0 Å². The molecule has 1 aliphatic rings. The molecular weight excluding hydrogens is 285 g/mol. The standard InChI is InChI=1S/C14H19Cl2NO2/c1-14(2,8-18)7-17-12-3-4-19-13-10(12)5-9(15)6-11(13)16/h5-6,12,17-18H,3-4,7-8H2,1-2H3. The molecule has 1 aliphatic heterocycles. The van der Waals surface area contributed by atoms with Crippen LogP contribution in [0.5, 0.6) is 5.75 Å². The number of hydrogen-bond acceptors (Lipinski definition) is 3. The van der Waals surface area contributed by atoms with E-state index in [-0.39, 0.29) is 18.1 Å². The number of aliphatic hydroxyl groups excluding tert-OH is 1. The fourth-order valence-electron chi connectivity index (χ4n) is 2.09. The summed E-state index contributed by atoms with van der Waals surface area (Å²) in [5.41, 5.74) is 0.846. The number of halogens is 2. The fourth-order valence-corrected chi connectivity index (χ4v) is 2.66. The molecule has 5 heteroatoms. The van der Waals surface area contributed by atoms with Crippen LogP contribution >= 0.6 is 23.2 Å². The lowest BCUT2D eigenvalue weighted by atomic mass is 9.93. The molecule has 0 amide bonds. The fraction of sp³-hybridized carbons (Fsp3) is 0.571. The Morgan fingerprint density at radius 3 is 2.84 bits per heavy atom. The van der Waals surface area contributed by atoms with Crippen LogP contribution in [-0.4, -0.2) is 24.9 Å². The topological polar surface area (TPSA) is 41.5 Å². The average molecular weight is 304 g/mol. The summed E-state index contributed by atoms with van der Waals surface area (Å²) in [5.74, 6) is 0.719. The van der Waals surface area contributed by atoms with Gasteiger partial charge in [0.2, 0.25) is 0 Å². The molecular formula is C14H19Cl2NO2. The molecule has 1 aromatic carbocycles. The largest absolute Gasteiger partial charge is 0.492 e. The zero-order chi connectivity index (χ0) is 14.0. The van der Waals surface area contributed by atoms with E-state index in [1.165, 1.54) is 0 Å². The summed E-state index contributed by atoms with van der Waals surface area (Å²) in [7, 11) is 0. The number of benzene rings is 1. The average Bonchev–Trinajstić information content (AvgIpc) is 2.36. The SMILES string of the molecule is CC(C)(CO)CNC1CCOc2c(Cl)cc(Cl)cc21. The van der Waals surface area contributed by atoms with Gasteiger partial charge in [-0.2, -0.15) is 0 Å². The van der Waals surface area contributed by atoms with Crippen molar-refractivity contribution < 1.29 is 9.84 Å². The molecule has 0 aliphatic carbocycles. The Balaban J connectivity index is 2.18. The molecule has 0 radical (unpaired) electrons. The van der Waals surface area contributed by atoms with Gasteiger partial charge >= 0.3 is 0 Å². The monoisotopic (exact) mass is 303 g/mol. The number of rotatable bonds is 4. The molecule has 2 N–H and O–H groups in total. The van der Waals surface area contributed by atoms with E-state index < -0.39 is 0 Å². The van der Waals surface area contributed by atoms with Crippen molar-refractivity contribution >= 4 is 23.2 Å². The van der Waals surface area contributed by atoms with Gasteiger partial charge in [-0.25, -0.2) is 0 Å².